The molecular formula is C13H16N4OS2. The van der Waals surface area contributed by atoms with E-state index in [1.807, 2.05) is 6.07 Å². The number of carbonyl (C=O) groups is 1. The first-order chi connectivity index (χ1) is 9.65. The van der Waals surface area contributed by atoms with Gasteiger partial charge in [0.2, 0.25) is 5.91 Å². The van der Waals surface area contributed by atoms with Gasteiger partial charge in [-0.25, -0.2) is 0 Å². The number of amides is 1. The van der Waals surface area contributed by atoms with Crippen molar-refractivity contribution in [1.29, 1.82) is 0 Å². The zero-order valence-corrected chi connectivity index (χ0v) is 12.8. The van der Waals surface area contributed by atoms with Crippen LogP contribution in [0.4, 0.5) is 0 Å². The van der Waals surface area contributed by atoms with Crippen molar-refractivity contribution < 1.29 is 4.79 Å². The zero-order chi connectivity index (χ0) is 14.1. The third-order valence-corrected chi connectivity index (χ3v) is 5.19. The third kappa shape index (κ3) is 2.88. The molecule has 0 spiro atoms. The molecule has 1 fully saturated rings. The Labute approximate surface area is 125 Å². The maximum Gasteiger partial charge on any atom is 0.230 e. The van der Waals surface area contributed by atoms with Gasteiger partial charge in [-0.05, 0) is 31.2 Å². The van der Waals surface area contributed by atoms with Gasteiger partial charge in [0, 0.05) is 17.3 Å². The molecule has 2 N–H and O–H groups in total. The Bertz CT molecular complexity index is 604. The molecule has 3 rings (SSSR count). The fourth-order valence-electron chi connectivity index (χ4n) is 1.99. The summed E-state index contributed by atoms with van der Waals surface area (Å²) in [6.45, 7) is 1.80. The van der Waals surface area contributed by atoms with Crippen LogP contribution < -0.4 is 5.73 Å². The second kappa shape index (κ2) is 5.57. The Hall–Kier alpha value is -1.34. The molecule has 20 heavy (non-hydrogen) atoms. The largest absolute Gasteiger partial charge is 0.369 e. The van der Waals surface area contributed by atoms with Gasteiger partial charge in [0.15, 0.2) is 5.16 Å². The molecule has 0 bridgehead atoms. The summed E-state index contributed by atoms with van der Waals surface area (Å²) >= 11 is 3.12. The molecule has 2 aromatic rings. The molecule has 0 radical (unpaired) electrons. The molecule has 1 atom stereocenters. The molecule has 0 saturated heterocycles. The van der Waals surface area contributed by atoms with Gasteiger partial charge < -0.3 is 10.3 Å². The number of hydrogen-bond acceptors (Lipinski definition) is 5. The van der Waals surface area contributed by atoms with Gasteiger partial charge in [-0.3, -0.25) is 4.79 Å². The van der Waals surface area contributed by atoms with E-state index in [1.165, 1.54) is 16.6 Å². The van der Waals surface area contributed by atoms with Crippen LogP contribution in [0.3, 0.4) is 0 Å². The first kappa shape index (κ1) is 13.6. The van der Waals surface area contributed by atoms with Crippen molar-refractivity contribution >= 4 is 29.0 Å². The summed E-state index contributed by atoms with van der Waals surface area (Å²) < 4.78 is 2.18. The summed E-state index contributed by atoms with van der Waals surface area (Å²) in [5.41, 5.74) is 5.33. The van der Waals surface area contributed by atoms with Crippen LogP contribution in [0.25, 0.3) is 0 Å². The number of primary amides is 1. The smallest absolute Gasteiger partial charge is 0.230 e. The first-order valence-corrected chi connectivity index (χ1v) is 8.33. The predicted molar refractivity (Wildman–Crippen MR) is 79.9 cm³/mol. The van der Waals surface area contributed by atoms with Gasteiger partial charge in [-0.1, -0.05) is 17.8 Å². The van der Waals surface area contributed by atoms with E-state index < -0.39 is 0 Å². The molecule has 1 aliphatic carbocycles. The maximum atomic E-state index is 11.2. The Morgan fingerprint density at radius 1 is 1.60 bits per heavy atom. The van der Waals surface area contributed by atoms with E-state index in [4.69, 9.17) is 5.73 Å². The van der Waals surface area contributed by atoms with Crippen LogP contribution in [0.5, 0.6) is 0 Å². The molecule has 7 heteroatoms. The maximum absolute atomic E-state index is 11.2. The molecule has 2 heterocycles. The standard InChI is InChI=1S/C13H16N4OS2/c1-8(12(14)18)20-13-16-15-11(17(13)9-4-5-9)7-10-3-2-6-19-10/h2-3,6,8-9H,4-5,7H2,1H3,(H2,14,18). The summed E-state index contributed by atoms with van der Waals surface area (Å²) in [6.07, 6.45) is 3.12. The van der Waals surface area contributed by atoms with Crippen molar-refractivity contribution in [3.63, 3.8) is 0 Å². The van der Waals surface area contributed by atoms with Crippen molar-refractivity contribution in [3.8, 4) is 0 Å². The summed E-state index contributed by atoms with van der Waals surface area (Å²) in [5, 5.41) is 11.2. The lowest BCUT2D eigenvalue weighted by molar-refractivity contribution is -0.117. The van der Waals surface area contributed by atoms with Crippen LogP contribution in [0, 0.1) is 0 Å². The fourth-order valence-corrected chi connectivity index (χ4v) is 3.58. The lowest BCUT2D eigenvalue weighted by Crippen LogP contribution is -2.23. The van der Waals surface area contributed by atoms with Crippen LogP contribution in [0.15, 0.2) is 22.7 Å². The number of hydrogen-bond donors (Lipinski definition) is 1. The van der Waals surface area contributed by atoms with Crippen molar-refractivity contribution in [2.75, 3.05) is 0 Å². The number of thiophene rings is 1. The van der Waals surface area contributed by atoms with Crippen LogP contribution in [-0.2, 0) is 11.2 Å². The van der Waals surface area contributed by atoms with E-state index in [1.54, 1.807) is 18.3 Å². The topological polar surface area (TPSA) is 73.8 Å². The van der Waals surface area contributed by atoms with E-state index in [0.29, 0.717) is 6.04 Å². The number of nitrogens with zero attached hydrogens (tertiary/aromatic N) is 3. The van der Waals surface area contributed by atoms with E-state index >= 15 is 0 Å². The Morgan fingerprint density at radius 3 is 3.00 bits per heavy atom. The second-order valence-corrected chi connectivity index (χ2v) is 7.26. The summed E-state index contributed by atoms with van der Waals surface area (Å²) in [5.74, 6) is 0.661. The van der Waals surface area contributed by atoms with Crippen LogP contribution >= 0.6 is 23.1 Å². The zero-order valence-electron chi connectivity index (χ0n) is 11.2. The molecular weight excluding hydrogens is 292 g/mol. The highest BCUT2D eigenvalue weighted by Crippen LogP contribution is 2.39. The highest BCUT2D eigenvalue weighted by Gasteiger charge is 2.30. The van der Waals surface area contributed by atoms with Gasteiger partial charge in [-0.2, -0.15) is 0 Å². The first-order valence-electron chi connectivity index (χ1n) is 6.57. The molecule has 106 valence electrons. The number of thioether (sulfide) groups is 1. The minimum atomic E-state index is -0.319. The van der Waals surface area contributed by atoms with Crippen LogP contribution in [0.2, 0.25) is 0 Å². The number of carbonyl (C=O) groups excluding carboxylic acids is 1. The van der Waals surface area contributed by atoms with Crippen molar-refractivity contribution in [2.24, 2.45) is 5.73 Å². The van der Waals surface area contributed by atoms with Crippen molar-refractivity contribution in [2.45, 2.75) is 42.6 Å². The highest BCUT2D eigenvalue weighted by molar-refractivity contribution is 8.00. The van der Waals surface area contributed by atoms with E-state index in [2.05, 4.69) is 26.2 Å². The average Bonchev–Trinajstić information content (AvgIpc) is 2.97. The van der Waals surface area contributed by atoms with E-state index in [0.717, 1.165) is 30.2 Å². The molecule has 1 aliphatic rings. The van der Waals surface area contributed by atoms with Crippen LogP contribution in [0.1, 0.15) is 36.5 Å². The highest BCUT2D eigenvalue weighted by atomic mass is 32.2. The van der Waals surface area contributed by atoms with E-state index in [-0.39, 0.29) is 11.2 Å². The number of rotatable bonds is 6. The molecule has 2 aromatic heterocycles. The normalized spacial score (nSPS) is 16.2. The van der Waals surface area contributed by atoms with E-state index in [9.17, 15) is 4.79 Å². The summed E-state index contributed by atoms with van der Waals surface area (Å²) in [4.78, 5) is 12.5. The quantitative estimate of drug-likeness (QED) is 0.831. The second-order valence-electron chi connectivity index (χ2n) is 4.92. The molecule has 1 amide bonds. The molecule has 1 unspecified atom stereocenters. The van der Waals surface area contributed by atoms with Crippen molar-refractivity contribution in [1.82, 2.24) is 14.8 Å². The SMILES string of the molecule is CC(Sc1nnc(Cc2cccs2)n1C1CC1)C(N)=O. The number of nitrogens with two attached hydrogens (primary N) is 1. The lowest BCUT2D eigenvalue weighted by atomic mass is 10.3. The van der Waals surface area contributed by atoms with Gasteiger partial charge in [0.05, 0.1) is 5.25 Å². The summed E-state index contributed by atoms with van der Waals surface area (Å²) in [7, 11) is 0. The Kier molecular flexibility index (Phi) is 3.80. The van der Waals surface area contributed by atoms with Gasteiger partial charge in [0.1, 0.15) is 5.82 Å². The van der Waals surface area contributed by atoms with Crippen molar-refractivity contribution in [3.05, 3.63) is 28.2 Å². The Balaban J connectivity index is 1.84. The lowest BCUT2D eigenvalue weighted by Gasteiger charge is -2.10. The number of aromatic nitrogens is 3. The van der Waals surface area contributed by atoms with Gasteiger partial charge in [0.25, 0.3) is 0 Å². The van der Waals surface area contributed by atoms with Crippen LogP contribution in [-0.4, -0.2) is 25.9 Å². The third-order valence-electron chi connectivity index (χ3n) is 3.24. The fraction of sp³-hybridized carbons (Fsp3) is 0.462. The molecule has 0 aromatic carbocycles. The van der Waals surface area contributed by atoms with Gasteiger partial charge >= 0.3 is 0 Å². The molecule has 1 saturated carbocycles. The summed E-state index contributed by atoms with van der Waals surface area (Å²) in [6, 6.07) is 4.64. The minimum absolute atomic E-state index is 0.286. The average molecular weight is 308 g/mol. The molecule has 0 aliphatic heterocycles. The minimum Gasteiger partial charge on any atom is -0.369 e. The Morgan fingerprint density at radius 2 is 2.40 bits per heavy atom. The predicted octanol–water partition coefficient (Wildman–Crippen LogP) is 2.23. The van der Waals surface area contributed by atoms with Gasteiger partial charge in [-0.15, -0.1) is 21.5 Å². The molecule has 5 nitrogen and oxygen atoms in total. The monoisotopic (exact) mass is 308 g/mol.